The summed E-state index contributed by atoms with van der Waals surface area (Å²) in [6.07, 6.45) is 1.17. The Morgan fingerprint density at radius 1 is 1.28 bits per heavy atom. The zero-order valence-corrected chi connectivity index (χ0v) is 19.2. The van der Waals surface area contributed by atoms with Crippen molar-refractivity contribution in [3.05, 3.63) is 34.6 Å². The molecule has 2 aromatic rings. The Morgan fingerprint density at radius 3 is 2.62 bits per heavy atom. The fraction of sp³-hybridized carbons (Fsp3) is 0.591. The van der Waals surface area contributed by atoms with E-state index in [9.17, 15) is 13.6 Å². The van der Waals surface area contributed by atoms with Gasteiger partial charge in [-0.3, -0.25) is 4.68 Å². The van der Waals surface area contributed by atoms with E-state index in [0.717, 1.165) is 24.1 Å². The topological polar surface area (TPSA) is 66.7 Å². The molecule has 0 radical (unpaired) electrons. The molecule has 8 nitrogen and oxygen atoms in total. The molecule has 174 valence electrons. The Kier molecular flexibility index (Phi) is 6.07. The van der Waals surface area contributed by atoms with Crippen LogP contribution < -0.4 is 4.90 Å². The van der Waals surface area contributed by atoms with Crippen LogP contribution in [0.15, 0.2) is 12.3 Å². The van der Waals surface area contributed by atoms with Crippen molar-refractivity contribution < 1.29 is 18.3 Å². The minimum absolute atomic E-state index is 0.0424. The quantitative estimate of drug-likeness (QED) is 0.695. The summed E-state index contributed by atoms with van der Waals surface area (Å²) in [7, 11) is 7.31. The molecule has 10 heteroatoms. The normalized spacial score (nSPS) is 20.3. The van der Waals surface area contributed by atoms with Crippen LogP contribution in [0.1, 0.15) is 47.7 Å². The molecule has 0 spiro atoms. The first-order valence-corrected chi connectivity index (χ1v) is 10.8. The molecular formula is C22H30F2N6O2. The molecule has 2 aliphatic rings. The average Bonchev–Trinajstić information content (AvgIpc) is 3.10. The Labute approximate surface area is 186 Å². The van der Waals surface area contributed by atoms with Crippen molar-refractivity contribution in [3.8, 4) is 0 Å². The summed E-state index contributed by atoms with van der Waals surface area (Å²) >= 11 is 0. The molecule has 0 N–H and O–H groups in total. The number of aryl methyl sites for hydroxylation is 1. The summed E-state index contributed by atoms with van der Waals surface area (Å²) in [5, 5.41) is 4.92. The van der Waals surface area contributed by atoms with Crippen LogP contribution in [0.4, 0.5) is 25.2 Å². The second-order valence-electron chi connectivity index (χ2n) is 8.84. The fourth-order valence-electron chi connectivity index (χ4n) is 4.52. The standard InChI is InChI=1S/C22H30F2N6O2/c1-13-11-25-19(10-16(13)20(23)24)28(4)21-17-12-29(22(31)32-5)7-6-18(17)30(26-21)15-8-14(9-15)27(2)3/h10-11,14-15,20H,6-9,12H2,1-5H3. The molecule has 0 atom stereocenters. The minimum atomic E-state index is -2.58. The highest BCUT2D eigenvalue weighted by Crippen LogP contribution is 2.40. The number of carbonyl (C=O) groups excluding carboxylic acids is 1. The van der Waals surface area contributed by atoms with Crippen LogP contribution in [0.3, 0.4) is 0 Å². The minimum Gasteiger partial charge on any atom is -0.453 e. The highest BCUT2D eigenvalue weighted by molar-refractivity contribution is 5.69. The number of amides is 1. The molecule has 1 amide bonds. The van der Waals surface area contributed by atoms with Gasteiger partial charge >= 0.3 is 6.09 Å². The molecule has 2 aromatic heterocycles. The summed E-state index contributed by atoms with van der Waals surface area (Å²) < 4.78 is 33.9. The molecule has 3 heterocycles. The SMILES string of the molecule is COC(=O)N1CCc2c(c(N(C)c3cc(C(F)F)c(C)cn3)nn2C2CC(N(C)C)C2)C1. The second-order valence-corrected chi connectivity index (χ2v) is 8.84. The van der Waals surface area contributed by atoms with Crippen LogP contribution in [0.5, 0.6) is 0 Å². The summed E-state index contributed by atoms with van der Waals surface area (Å²) in [5.41, 5.74) is 2.42. The van der Waals surface area contributed by atoms with Gasteiger partial charge in [0.1, 0.15) is 5.82 Å². The molecule has 0 aromatic carbocycles. The summed E-state index contributed by atoms with van der Waals surface area (Å²) in [4.78, 5) is 22.1. The van der Waals surface area contributed by atoms with Crippen LogP contribution in [0.2, 0.25) is 0 Å². The lowest BCUT2D eigenvalue weighted by Gasteiger charge is -2.40. The smallest absolute Gasteiger partial charge is 0.409 e. The first-order valence-electron chi connectivity index (χ1n) is 10.8. The van der Waals surface area contributed by atoms with Gasteiger partial charge in [0.05, 0.1) is 19.7 Å². The van der Waals surface area contributed by atoms with Gasteiger partial charge in [-0.25, -0.2) is 18.6 Å². The highest BCUT2D eigenvalue weighted by atomic mass is 19.3. The van der Waals surface area contributed by atoms with E-state index >= 15 is 0 Å². The van der Waals surface area contributed by atoms with Crippen LogP contribution in [0.25, 0.3) is 0 Å². The van der Waals surface area contributed by atoms with Crippen molar-refractivity contribution in [2.75, 3.05) is 39.7 Å². The summed E-state index contributed by atoms with van der Waals surface area (Å²) in [6, 6.07) is 2.21. The molecule has 32 heavy (non-hydrogen) atoms. The predicted molar refractivity (Wildman–Crippen MR) is 116 cm³/mol. The molecule has 1 aliphatic heterocycles. The molecule has 0 saturated heterocycles. The Morgan fingerprint density at radius 2 is 2.00 bits per heavy atom. The summed E-state index contributed by atoms with van der Waals surface area (Å²) in [5.74, 6) is 1.03. The van der Waals surface area contributed by atoms with E-state index in [1.165, 1.54) is 19.4 Å². The maximum Gasteiger partial charge on any atom is 0.409 e. The van der Waals surface area contributed by atoms with Gasteiger partial charge in [-0.2, -0.15) is 5.10 Å². The second kappa shape index (κ2) is 8.65. The van der Waals surface area contributed by atoms with Crippen molar-refractivity contribution in [2.24, 2.45) is 0 Å². The van der Waals surface area contributed by atoms with Crippen LogP contribution in [-0.4, -0.2) is 71.5 Å². The largest absolute Gasteiger partial charge is 0.453 e. The van der Waals surface area contributed by atoms with E-state index in [-0.39, 0.29) is 17.7 Å². The first kappa shape index (κ1) is 22.4. The van der Waals surface area contributed by atoms with Crippen LogP contribution in [0, 0.1) is 6.92 Å². The third kappa shape index (κ3) is 3.92. The number of hydrogen-bond acceptors (Lipinski definition) is 6. The number of hydrogen-bond donors (Lipinski definition) is 0. The highest BCUT2D eigenvalue weighted by Gasteiger charge is 2.37. The van der Waals surface area contributed by atoms with Gasteiger partial charge in [-0.15, -0.1) is 0 Å². The van der Waals surface area contributed by atoms with Crippen molar-refractivity contribution in [3.63, 3.8) is 0 Å². The molecule has 1 saturated carbocycles. The Hall–Kier alpha value is -2.75. The van der Waals surface area contributed by atoms with Crippen molar-refractivity contribution >= 4 is 17.7 Å². The average molecular weight is 449 g/mol. The fourth-order valence-corrected chi connectivity index (χ4v) is 4.52. The van der Waals surface area contributed by atoms with Crippen LogP contribution in [-0.2, 0) is 17.7 Å². The van der Waals surface area contributed by atoms with Crippen molar-refractivity contribution in [2.45, 2.75) is 51.2 Å². The molecule has 1 aliphatic carbocycles. The Balaban J connectivity index is 1.71. The van der Waals surface area contributed by atoms with Crippen LogP contribution >= 0.6 is 0 Å². The number of anilines is 2. The number of alkyl halides is 2. The molecule has 1 fully saturated rings. The van der Waals surface area contributed by atoms with Crippen molar-refractivity contribution in [1.82, 2.24) is 24.6 Å². The summed E-state index contributed by atoms with van der Waals surface area (Å²) in [6.45, 7) is 2.54. The van der Waals surface area contributed by atoms with Crippen molar-refractivity contribution in [1.29, 1.82) is 0 Å². The van der Waals surface area contributed by atoms with Gasteiger partial charge in [0.2, 0.25) is 0 Å². The third-order valence-electron chi connectivity index (χ3n) is 6.69. The monoisotopic (exact) mass is 448 g/mol. The van der Waals surface area contributed by atoms with E-state index in [1.807, 2.05) is 0 Å². The molecule has 0 unspecified atom stereocenters. The van der Waals surface area contributed by atoms with Gasteiger partial charge in [0.15, 0.2) is 5.82 Å². The number of methoxy groups -OCH3 is 1. The van der Waals surface area contributed by atoms with E-state index in [1.54, 1.807) is 23.8 Å². The van der Waals surface area contributed by atoms with E-state index in [4.69, 9.17) is 9.84 Å². The number of ether oxygens (including phenoxy) is 1. The van der Waals surface area contributed by atoms with Gasteiger partial charge in [-0.05, 0) is 45.5 Å². The number of pyridine rings is 1. The first-order chi connectivity index (χ1) is 15.2. The number of rotatable bonds is 5. The maximum absolute atomic E-state index is 13.5. The van der Waals surface area contributed by atoms with E-state index in [2.05, 4.69) is 28.7 Å². The van der Waals surface area contributed by atoms with Gasteiger partial charge in [0.25, 0.3) is 6.43 Å². The number of nitrogens with zero attached hydrogens (tertiary/aromatic N) is 6. The zero-order valence-electron chi connectivity index (χ0n) is 19.2. The number of aromatic nitrogens is 3. The molecule has 4 rings (SSSR count). The van der Waals surface area contributed by atoms with E-state index < -0.39 is 6.43 Å². The Bertz CT molecular complexity index is 1000. The van der Waals surface area contributed by atoms with Gasteiger partial charge < -0.3 is 19.4 Å². The van der Waals surface area contributed by atoms with E-state index in [0.29, 0.717) is 42.8 Å². The van der Waals surface area contributed by atoms with Gasteiger partial charge in [0, 0.05) is 49.1 Å². The lowest BCUT2D eigenvalue weighted by molar-refractivity contribution is 0.111. The molecular weight excluding hydrogens is 418 g/mol. The zero-order chi connectivity index (χ0) is 23.2. The number of carbonyl (C=O) groups is 1. The lowest BCUT2D eigenvalue weighted by Crippen LogP contribution is -2.43. The predicted octanol–water partition coefficient (Wildman–Crippen LogP) is 3.68. The lowest BCUT2D eigenvalue weighted by atomic mass is 9.85. The molecule has 0 bridgehead atoms. The number of halogens is 2. The number of fused-ring (bicyclic) bond motifs is 1. The third-order valence-corrected chi connectivity index (χ3v) is 6.69. The maximum atomic E-state index is 13.5. The van der Waals surface area contributed by atoms with Gasteiger partial charge in [-0.1, -0.05) is 0 Å².